The van der Waals surface area contributed by atoms with Crippen molar-refractivity contribution in [3.05, 3.63) is 22.3 Å². The number of phenolic OH excluding ortho intramolecular Hbond substituents is 1. The van der Waals surface area contributed by atoms with Crippen LogP contribution >= 0.6 is 0 Å². The molecule has 0 aromatic heterocycles. The molecule has 4 nitrogen and oxygen atoms in total. The number of carbonyl (C=O) groups is 1. The van der Waals surface area contributed by atoms with Crippen LogP contribution in [0.3, 0.4) is 0 Å². The van der Waals surface area contributed by atoms with Crippen molar-refractivity contribution >= 4 is 5.97 Å². The minimum atomic E-state index is -1.10. The standard InChI is InChI=1S/C15H20O4/c1-8-9(2)14-11(10(3)13(8)18)5-6-15(4,19-14)7-12(16)17/h18H,5-7H2,1-4H3,(H,16,17)/p-1. The number of aliphatic carboxylic acids is 1. The van der Waals surface area contributed by atoms with Crippen molar-refractivity contribution in [2.75, 3.05) is 0 Å². The highest BCUT2D eigenvalue weighted by atomic mass is 16.5. The molecule has 1 unspecified atom stereocenters. The Morgan fingerprint density at radius 3 is 2.53 bits per heavy atom. The Balaban J connectivity index is 2.49. The molecule has 19 heavy (non-hydrogen) atoms. The molecule has 1 N–H and O–H groups in total. The van der Waals surface area contributed by atoms with Crippen LogP contribution in [0.1, 0.15) is 42.0 Å². The quantitative estimate of drug-likeness (QED) is 0.878. The van der Waals surface area contributed by atoms with E-state index < -0.39 is 11.6 Å². The third-order valence-corrected chi connectivity index (χ3v) is 4.11. The fourth-order valence-corrected chi connectivity index (χ4v) is 2.72. The van der Waals surface area contributed by atoms with Gasteiger partial charge in [-0.3, -0.25) is 0 Å². The maximum Gasteiger partial charge on any atom is 0.127 e. The third-order valence-electron chi connectivity index (χ3n) is 4.11. The fraction of sp³-hybridized carbons (Fsp3) is 0.533. The number of phenols is 1. The number of rotatable bonds is 2. The van der Waals surface area contributed by atoms with Gasteiger partial charge in [0.05, 0.1) is 0 Å². The van der Waals surface area contributed by atoms with Crippen molar-refractivity contribution in [2.24, 2.45) is 0 Å². The molecule has 1 aliphatic heterocycles. The molecule has 0 spiro atoms. The van der Waals surface area contributed by atoms with E-state index in [-0.39, 0.29) is 6.42 Å². The monoisotopic (exact) mass is 263 g/mol. The molecule has 0 saturated heterocycles. The largest absolute Gasteiger partial charge is 0.550 e. The summed E-state index contributed by atoms with van der Waals surface area (Å²) in [6.45, 7) is 7.39. The van der Waals surface area contributed by atoms with Gasteiger partial charge < -0.3 is 19.7 Å². The number of carboxylic acids is 1. The van der Waals surface area contributed by atoms with Gasteiger partial charge in [0.25, 0.3) is 0 Å². The summed E-state index contributed by atoms with van der Waals surface area (Å²) in [6.07, 6.45) is 1.20. The lowest BCUT2D eigenvalue weighted by Crippen LogP contribution is -2.42. The van der Waals surface area contributed by atoms with Gasteiger partial charge in [0.1, 0.15) is 17.1 Å². The zero-order valence-electron chi connectivity index (χ0n) is 11.8. The van der Waals surface area contributed by atoms with E-state index in [0.29, 0.717) is 18.6 Å². The van der Waals surface area contributed by atoms with Crippen LogP contribution in [0.4, 0.5) is 0 Å². The Hall–Kier alpha value is -1.71. The predicted molar refractivity (Wildman–Crippen MR) is 69.3 cm³/mol. The summed E-state index contributed by atoms with van der Waals surface area (Å²) in [5.41, 5.74) is 2.74. The fourth-order valence-electron chi connectivity index (χ4n) is 2.72. The SMILES string of the molecule is Cc1c(C)c2c(c(C)c1O)CCC(C)(CC(=O)[O-])O2. The number of ether oxygens (including phenoxy) is 1. The molecule has 1 atom stereocenters. The molecule has 0 bridgehead atoms. The first-order chi connectivity index (χ1) is 8.75. The molecule has 4 heteroatoms. The number of fused-ring (bicyclic) bond motifs is 1. The maximum atomic E-state index is 10.8. The van der Waals surface area contributed by atoms with E-state index in [1.54, 1.807) is 6.92 Å². The van der Waals surface area contributed by atoms with Crippen LogP contribution in [-0.2, 0) is 11.2 Å². The molecular formula is C15H19O4-. The van der Waals surface area contributed by atoms with Crippen molar-refractivity contribution in [3.63, 3.8) is 0 Å². The highest BCUT2D eigenvalue weighted by Crippen LogP contribution is 2.43. The minimum Gasteiger partial charge on any atom is -0.550 e. The number of hydrogen-bond donors (Lipinski definition) is 1. The highest BCUT2D eigenvalue weighted by molar-refractivity contribution is 5.66. The van der Waals surface area contributed by atoms with E-state index >= 15 is 0 Å². The molecule has 0 aliphatic carbocycles. The van der Waals surface area contributed by atoms with E-state index in [1.165, 1.54) is 0 Å². The smallest absolute Gasteiger partial charge is 0.127 e. The third kappa shape index (κ3) is 2.27. The first kappa shape index (κ1) is 13.7. The molecular weight excluding hydrogens is 244 g/mol. The van der Waals surface area contributed by atoms with E-state index in [1.807, 2.05) is 20.8 Å². The van der Waals surface area contributed by atoms with Gasteiger partial charge in [0, 0.05) is 18.0 Å². The summed E-state index contributed by atoms with van der Waals surface area (Å²) in [5.74, 6) is -0.0676. The van der Waals surface area contributed by atoms with Crippen LogP contribution in [0, 0.1) is 20.8 Å². The lowest BCUT2D eigenvalue weighted by atomic mass is 9.85. The van der Waals surface area contributed by atoms with Crippen molar-refractivity contribution in [3.8, 4) is 11.5 Å². The molecule has 1 aromatic carbocycles. The zero-order chi connectivity index (χ0) is 14.4. The number of hydrogen-bond acceptors (Lipinski definition) is 4. The average molecular weight is 263 g/mol. The number of benzene rings is 1. The van der Waals surface area contributed by atoms with Gasteiger partial charge in [-0.25, -0.2) is 0 Å². The van der Waals surface area contributed by atoms with Crippen LogP contribution in [0.25, 0.3) is 0 Å². The van der Waals surface area contributed by atoms with Crippen molar-refractivity contribution in [2.45, 2.75) is 52.6 Å². The van der Waals surface area contributed by atoms with Gasteiger partial charge >= 0.3 is 0 Å². The molecule has 104 valence electrons. The molecule has 1 aromatic rings. The first-order valence-electron chi connectivity index (χ1n) is 6.45. The Kier molecular flexibility index (Phi) is 3.20. The molecule has 0 amide bonds. The number of aromatic hydroxyl groups is 1. The first-order valence-corrected chi connectivity index (χ1v) is 6.45. The maximum absolute atomic E-state index is 10.8. The zero-order valence-corrected chi connectivity index (χ0v) is 11.8. The summed E-state index contributed by atoms with van der Waals surface area (Å²) < 4.78 is 5.95. The van der Waals surface area contributed by atoms with Crippen molar-refractivity contribution in [1.29, 1.82) is 0 Å². The van der Waals surface area contributed by atoms with E-state index in [9.17, 15) is 15.0 Å². The van der Waals surface area contributed by atoms with E-state index in [4.69, 9.17) is 4.74 Å². The van der Waals surface area contributed by atoms with Crippen LogP contribution in [0.5, 0.6) is 11.5 Å². The van der Waals surface area contributed by atoms with Gasteiger partial charge in [-0.2, -0.15) is 0 Å². The lowest BCUT2D eigenvalue weighted by molar-refractivity contribution is -0.308. The summed E-state index contributed by atoms with van der Waals surface area (Å²) >= 11 is 0. The average Bonchev–Trinajstić information content (AvgIpc) is 2.32. The molecule has 0 radical (unpaired) electrons. The van der Waals surface area contributed by atoms with Gasteiger partial charge in [-0.15, -0.1) is 0 Å². The Labute approximate surface area is 113 Å². The molecule has 0 fully saturated rings. The lowest BCUT2D eigenvalue weighted by Gasteiger charge is -2.38. The minimum absolute atomic E-state index is 0.120. The van der Waals surface area contributed by atoms with Crippen LogP contribution in [-0.4, -0.2) is 16.7 Å². The summed E-state index contributed by atoms with van der Waals surface area (Å²) in [6, 6.07) is 0. The van der Waals surface area contributed by atoms with E-state index in [2.05, 4.69) is 0 Å². The van der Waals surface area contributed by atoms with Crippen LogP contribution < -0.4 is 9.84 Å². The molecule has 1 heterocycles. The number of carbonyl (C=O) groups excluding carboxylic acids is 1. The van der Waals surface area contributed by atoms with E-state index in [0.717, 1.165) is 28.0 Å². The van der Waals surface area contributed by atoms with Crippen LogP contribution in [0.2, 0.25) is 0 Å². The summed E-state index contributed by atoms with van der Waals surface area (Å²) in [7, 11) is 0. The molecule has 0 saturated carbocycles. The topological polar surface area (TPSA) is 69.6 Å². The molecule has 2 rings (SSSR count). The summed E-state index contributed by atoms with van der Waals surface area (Å²) in [5, 5.41) is 20.9. The van der Waals surface area contributed by atoms with Crippen molar-refractivity contribution in [1.82, 2.24) is 0 Å². The Bertz CT molecular complexity index is 548. The predicted octanol–water partition coefficient (Wildman–Crippen LogP) is 1.54. The Morgan fingerprint density at radius 2 is 1.95 bits per heavy atom. The van der Waals surface area contributed by atoms with Gasteiger partial charge in [-0.05, 0) is 57.2 Å². The summed E-state index contributed by atoms with van der Waals surface area (Å²) in [4.78, 5) is 10.8. The van der Waals surface area contributed by atoms with Crippen molar-refractivity contribution < 1.29 is 19.7 Å². The number of carboxylic acid groups (broad SMARTS) is 1. The second-order valence-corrected chi connectivity index (χ2v) is 5.63. The second-order valence-electron chi connectivity index (χ2n) is 5.63. The van der Waals surface area contributed by atoms with Gasteiger partial charge in [0.2, 0.25) is 0 Å². The second kappa shape index (κ2) is 4.44. The Morgan fingerprint density at radius 1 is 1.32 bits per heavy atom. The highest BCUT2D eigenvalue weighted by Gasteiger charge is 2.34. The normalized spacial score (nSPS) is 21.7. The van der Waals surface area contributed by atoms with Gasteiger partial charge in [0.15, 0.2) is 0 Å². The van der Waals surface area contributed by atoms with Crippen LogP contribution in [0.15, 0.2) is 0 Å². The molecule has 1 aliphatic rings. The van der Waals surface area contributed by atoms with Gasteiger partial charge in [-0.1, -0.05) is 0 Å².